The SMILES string of the molecule is C=C(OC)c1cc(-c2ccc(F)c(Cl)c2)nc(C(C)(O)CCC(=O)c2ccc(OC3CC3)c(OC)c2)c1. The second-order valence-electron chi connectivity index (χ2n) is 9.26. The number of Topliss-reactive ketones (excluding diaryl/α,β-unsaturated/α-hetero) is 1. The van der Waals surface area contributed by atoms with E-state index in [4.69, 9.17) is 25.8 Å². The highest BCUT2D eigenvalue weighted by atomic mass is 35.5. The molecule has 0 spiro atoms. The van der Waals surface area contributed by atoms with Gasteiger partial charge in [0.1, 0.15) is 17.2 Å². The van der Waals surface area contributed by atoms with E-state index in [1.54, 1.807) is 43.3 Å². The highest BCUT2D eigenvalue weighted by Gasteiger charge is 2.29. The molecule has 8 heteroatoms. The van der Waals surface area contributed by atoms with Gasteiger partial charge < -0.3 is 19.3 Å². The van der Waals surface area contributed by atoms with Gasteiger partial charge in [-0.05, 0) is 74.7 Å². The highest BCUT2D eigenvalue weighted by Crippen LogP contribution is 2.35. The van der Waals surface area contributed by atoms with Crippen LogP contribution in [-0.4, -0.2) is 36.2 Å². The number of rotatable bonds is 11. The van der Waals surface area contributed by atoms with Crippen molar-refractivity contribution in [3.8, 4) is 22.8 Å². The number of hydrogen-bond acceptors (Lipinski definition) is 6. The molecule has 0 amide bonds. The largest absolute Gasteiger partial charge is 0.497 e. The third-order valence-electron chi connectivity index (χ3n) is 6.30. The third kappa shape index (κ3) is 6.29. The number of aromatic nitrogens is 1. The molecule has 6 nitrogen and oxygen atoms in total. The first-order valence-electron chi connectivity index (χ1n) is 11.9. The molecule has 0 saturated heterocycles. The van der Waals surface area contributed by atoms with Crippen molar-refractivity contribution in [1.29, 1.82) is 0 Å². The van der Waals surface area contributed by atoms with E-state index in [0.29, 0.717) is 45.3 Å². The first kappa shape index (κ1) is 26.6. The Labute approximate surface area is 220 Å². The van der Waals surface area contributed by atoms with Gasteiger partial charge in [0.2, 0.25) is 0 Å². The van der Waals surface area contributed by atoms with Crippen molar-refractivity contribution in [2.45, 2.75) is 44.3 Å². The zero-order valence-electron chi connectivity index (χ0n) is 21.0. The fraction of sp³-hybridized carbons (Fsp3) is 0.310. The summed E-state index contributed by atoms with van der Waals surface area (Å²) >= 11 is 5.98. The van der Waals surface area contributed by atoms with Crippen molar-refractivity contribution < 1.29 is 28.5 Å². The Hall–Kier alpha value is -3.42. The van der Waals surface area contributed by atoms with Crippen LogP contribution in [0.15, 0.2) is 55.1 Å². The summed E-state index contributed by atoms with van der Waals surface area (Å²) in [6.07, 6.45) is 2.41. The van der Waals surface area contributed by atoms with Crippen LogP contribution in [0.25, 0.3) is 17.0 Å². The summed E-state index contributed by atoms with van der Waals surface area (Å²) in [5, 5.41) is 11.3. The lowest BCUT2D eigenvalue weighted by Gasteiger charge is -2.24. The topological polar surface area (TPSA) is 77.9 Å². The molecule has 1 aromatic heterocycles. The molecule has 1 N–H and O–H groups in total. The molecule has 1 saturated carbocycles. The predicted molar refractivity (Wildman–Crippen MR) is 140 cm³/mol. The Bertz CT molecular complexity index is 1340. The number of carbonyl (C=O) groups excluding carboxylic acids is 1. The maximum absolute atomic E-state index is 13.7. The smallest absolute Gasteiger partial charge is 0.163 e. The third-order valence-corrected chi connectivity index (χ3v) is 6.59. The van der Waals surface area contributed by atoms with Gasteiger partial charge in [0.05, 0.1) is 36.7 Å². The minimum atomic E-state index is -1.46. The summed E-state index contributed by atoms with van der Waals surface area (Å²) in [4.78, 5) is 17.6. The number of benzene rings is 2. The molecule has 0 radical (unpaired) electrons. The number of pyridine rings is 1. The maximum Gasteiger partial charge on any atom is 0.163 e. The van der Waals surface area contributed by atoms with Crippen molar-refractivity contribution in [2.75, 3.05) is 14.2 Å². The predicted octanol–water partition coefficient (Wildman–Crippen LogP) is 6.58. The van der Waals surface area contributed by atoms with E-state index in [-0.39, 0.29) is 29.8 Å². The van der Waals surface area contributed by atoms with Crippen molar-refractivity contribution in [2.24, 2.45) is 0 Å². The highest BCUT2D eigenvalue weighted by molar-refractivity contribution is 6.31. The molecule has 4 rings (SSSR count). The van der Waals surface area contributed by atoms with Crippen LogP contribution in [0.4, 0.5) is 4.39 Å². The van der Waals surface area contributed by atoms with Crippen LogP contribution in [0.3, 0.4) is 0 Å². The summed E-state index contributed by atoms with van der Waals surface area (Å²) in [6, 6.07) is 12.8. The van der Waals surface area contributed by atoms with Crippen molar-refractivity contribution >= 4 is 23.1 Å². The van der Waals surface area contributed by atoms with Crippen molar-refractivity contribution in [1.82, 2.24) is 4.98 Å². The molecule has 37 heavy (non-hydrogen) atoms. The normalized spacial score (nSPS) is 14.5. The van der Waals surface area contributed by atoms with Gasteiger partial charge in [0, 0.05) is 23.1 Å². The molecule has 1 aliphatic carbocycles. The second kappa shape index (κ2) is 10.9. The van der Waals surface area contributed by atoms with Crippen LogP contribution >= 0.6 is 11.6 Å². The van der Waals surface area contributed by atoms with Gasteiger partial charge in [-0.3, -0.25) is 4.79 Å². The molecule has 1 unspecified atom stereocenters. The second-order valence-corrected chi connectivity index (χ2v) is 9.67. The molecule has 3 aromatic rings. The average Bonchev–Trinajstić information content (AvgIpc) is 3.72. The van der Waals surface area contributed by atoms with E-state index in [1.807, 2.05) is 0 Å². The molecule has 1 atom stereocenters. The first-order chi connectivity index (χ1) is 17.6. The zero-order valence-corrected chi connectivity index (χ0v) is 21.8. The summed E-state index contributed by atoms with van der Waals surface area (Å²) in [6.45, 7) is 5.49. The lowest BCUT2D eigenvalue weighted by atomic mass is 9.91. The van der Waals surface area contributed by atoms with E-state index < -0.39 is 11.4 Å². The Kier molecular flexibility index (Phi) is 7.85. The van der Waals surface area contributed by atoms with Crippen LogP contribution < -0.4 is 9.47 Å². The van der Waals surface area contributed by atoms with E-state index in [1.165, 1.54) is 26.4 Å². The van der Waals surface area contributed by atoms with E-state index in [2.05, 4.69) is 11.6 Å². The molecule has 194 valence electrons. The number of ketones is 1. The maximum atomic E-state index is 13.7. The van der Waals surface area contributed by atoms with Gasteiger partial charge in [-0.15, -0.1) is 0 Å². The van der Waals surface area contributed by atoms with Gasteiger partial charge in [0.15, 0.2) is 17.3 Å². The fourth-order valence-corrected chi connectivity index (χ4v) is 4.00. The molecular weight excluding hydrogens is 497 g/mol. The molecule has 0 aliphatic heterocycles. The Balaban J connectivity index is 1.57. The van der Waals surface area contributed by atoms with Gasteiger partial charge in [-0.25, -0.2) is 9.37 Å². The van der Waals surface area contributed by atoms with Crippen LogP contribution in [0, 0.1) is 5.82 Å². The Morgan fingerprint density at radius 2 is 1.89 bits per heavy atom. The summed E-state index contributed by atoms with van der Waals surface area (Å²) in [7, 11) is 3.02. The Morgan fingerprint density at radius 3 is 2.54 bits per heavy atom. The van der Waals surface area contributed by atoms with Gasteiger partial charge in [-0.2, -0.15) is 0 Å². The van der Waals surface area contributed by atoms with Crippen molar-refractivity contribution in [3.05, 3.63) is 82.8 Å². The zero-order chi connectivity index (χ0) is 26.7. The van der Waals surface area contributed by atoms with Gasteiger partial charge >= 0.3 is 0 Å². The molecule has 2 aromatic carbocycles. The average molecular weight is 526 g/mol. The summed E-state index contributed by atoms with van der Waals surface area (Å²) < 4.78 is 30.2. The molecule has 0 bridgehead atoms. The van der Waals surface area contributed by atoms with Crippen LogP contribution in [0.1, 0.15) is 54.2 Å². The van der Waals surface area contributed by atoms with Crippen molar-refractivity contribution in [3.63, 3.8) is 0 Å². The van der Waals surface area contributed by atoms with Crippen LogP contribution in [0.5, 0.6) is 11.5 Å². The van der Waals surface area contributed by atoms with E-state index in [9.17, 15) is 14.3 Å². The number of nitrogens with zero attached hydrogens (tertiary/aromatic N) is 1. The first-order valence-corrected chi connectivity index (χ1v) is 12.3. The lowest BCUT2D eigenvalue weighted by Crippen LogP contribution is -2.24. The van der Waals surface area contributed by atoms with Crippen LogP contribution in [0.2, 0.25) is 5.02 Å². The number of carbonyl (C=O) groups is 1. The number of aliphatic hydroxyl groups is 1. The minimum absolute atomic E-state index is 0.0434. The molecular formula is C29H29ClFNO5. The van der Waals surface area contributed by atoms with E-state index >= 15 is 0 Å². The van der Waals surface area contributed by atoms with Gasteiger partial charge in [0.25, 0.3) is 0 Å². The standard InChI is InChI=1S/C29H29ClFNO5/c1-17(35-3)20-14-24(18-5-9-23(31)22(30)13-18)32-28(16-20)29(2,34)12-11-25(33)19-6-10-26(27(15-19)36-4)37-21-7-8-21/h5-6,9-10,13-16,21,34H,1,7-8,11-12H2,2-4H3. The number of methoxy groups -OCH3 is 2. The van der Waals surface area contributed by atoms with Gasteiger partial charge in [-0.1, -0.05) is 18.2 Å². The molecule has 1 fully saturated rings. The molecule has 1 aliphatic rings. The number of hydrogen-bond donors (Lipinski definition) is 1. The lowest BCUT2D eigenvalue weighted by molar-refractivity contribution is 0.0397. The fourth-order valence-electron chi connectivity index (χ4n) is 3.82. The van der Waals surface area contributed by atoms with Crippen LogP contribution in [-0.2, 0) is 10.3 Å². The molecule has 1 heterocycles. The Morgan fingerprint density at radius 1 is 1.14 bits per heavy atom. The number of ether oxygens (including phenoxy) is 3. The van der Waals surface area contributed by atoms with E-state index in [0.717, 1.165) is 12.8 Å². The summed E-state index contributed by atoms with van der Waals surface area (Å²) in [5.74, 6) is 0.781. The quantitative estimate of drug-likeness (QED) is 0.225. The summed E-state index contributed by atoms with van der Waals surface area (Å²) in [5.41, 5.74) is 0.924. The monoisotopic (exact) mass is 525 g/mol. The minimum Gasteiger partial charge on any atom is -0.497 e. The number of halogens is 2.